The van der Waals surface area contributed by atoms with Crippen molar-refractivity contribution in [1.82, 2.24) is 19.7 Å². The third-order valence-electron chi connectivity index (χ3n) is 4.83. The molecule has 1 amide bonds. The molecule has 1 aromatic carbocycles. The molecular formula is C19H26N4OS. The van der Waals surface area contributed by atoms with Crippen LogP contribution in [-0.4, -0.2) is 43.9 Å². The minimum Gasteiger partial charge on any atom is -0.339 e. The Bertz CT molecular complexity index is 726. The topological polar surface area (TPSA) is 51.0 Å². The van der Waals surface area contributed by atoms with Crippen molar-refractivity contribution >= 4 is 17.7 Å². The summed E-state index contributed by atoms with van der Waals surface area (Å²) in [5, 5.41) is 9.26. The first kappa shape index (κ1) is 18.0. The molecule has 1 atom stereocenters. The van der Waals surface area contributed by atoms with Crippen molar-refractivity contribution < 1.29 is 4.79 Å². The van der Waals surface area contributed by atoms with E-state index in [0.717, 1.165) is 42.5 Å². The SMILES string of the molecule is CCC1CCCCN1C(=O)CSc1nnc(C)n1-c1ccc(C)cc1. The standard InChI is InChI=1S/C19H26N4OS/c1-4-16-7-5-6-12-22(16)18(24)13-25-19-21-20-15(3)23(19)17-10-8-14(2)9-11-17/h8-11,16H,4-7,12-13H2,1-3H3. The maximum absolute atomic E-state index is 12.7. The van der Waals surface area contributed by atoms with Crippen LogP contribution in [0.3, 0.4) is 0 Å². The van der Waals surface area contributed by atoms with E-state index in [1.165, 1.54) is 23.7 Å². The van der Waals surface area contributed by atoms with Crippen LogP contribution in [0, 0.1) is 13.8 Å². The fraction of sp³-hybridized carbons (Fsp3) is 0.526. The molecule has 1 aliphatic rings. The van der Waals surface area contributed by atoms with Crippen LogP contribution in [-0.2, 0) is 4.79 Å². The predicted molar refractivity (Wildman–Crippen MR) is 101 cm³/mol. The number of aromatic nitrogens is 3. The number of rotatable bonds is 5. The average Bonchev–Trinajstić information content (AvgIpc) is 3.01. The molecule has 2 aromatic rings. The highest BCUT2D eigenvalue weighted by molar-refractivity contribution is 7.99. The van der Waals surface area contributed by atoms with Crippen molar-refractivity contribution in [2.24, 2.45) is 0 Å². The van der Waals surface area contributed by atoms with Gasteiger partial charge in [-0.3, -0.25) is 9.36 Å². The summed E-state index contributed by atoms with van der Waals surface area (Å²) in [5.41, 5.74) is 2.25. The number of hydrogen-bond donors (Lipinski definition) is 0. The third-order valence-corrected chi connectivity index (χ3v) is 5.74. The molecule has 1 aliphatic heterocycles. The van der Waals surface area contributed by atoms with Crippen LogP contribution in [0.5, 0.6) is 0 Å². The summed E-state index contributed by atoms with van der Waals surface area (Å²) in [6, 6.07) is 8.69. The van der Waals surface area contributed by atoms with Gasteiger partial charge in [0.15, 0.2) is 5.16 Å². The Labute approximate surface area is 153 Å². The maximum Gasteiger partial charge on any atom is 0.233 e. The molecule has 2 heterocycles. The Morgan fingerprint density at radius 3 is 2.68 bits per heavy atom. The van der Waals surface area contributed by atoms with E-state index >= 15 is 0 Å². The third kappa shape index (κ3) is 4.06. The second-order valence-electron chi connectivity index (χ2n) is 6.63. The lowest BCUT2D eigenvalue weighted by atomic mass is 10.0. The van der Waals surface area contributed by atoms with E-state index in [1.807, 2.05) is 11.5 Å². The molecule has 25 heavy (non-hydrogen) atoms. The first-order valence-corrected chi connectivity index (χ1v) is 10.00. The van der Waals surface area contributed by atoms with E-state index in [-0.39, 0.29) is 5.91 Å². The number of carbonyl (C=O) groups excluding carboxylic acids is 1. The molecule has 5 nitrogen and oxygen atoms in total. The van der Waals surface area contributed by atoms with Crippen molar-refractivity contribution in [3.8, 4) is 5.69 Å². The van der Waals surface area contributed by atoms with Gasteiger partial charge in [-0.05, 0) is 51.7 Å². The second kappa shape index (κ2) is 8.04. The minimum atomic E-state index is 0.215. The average molecular weight is 359 g/mol. The maximum atomic E-state index is 12.7. The number of likely N-dealkylation sites (tertiary alicyclic amines) is 1. The molecule has 0 spiro atoms. The number of hydrogen-bond acceptors (Lipinski definition) is 4. The quantitative estimate of drug-likeness (QED) is 0.764. The number of carbonyl (C=O) groups is 1. The number of amides is 1. The van der Waals surface area contributed by atoms with Gasteiger partial charge >= 0.3 is 0 Å². The molecule has 0 N–H and O–H groups in total. The van der Waals surface area contributed by atoms with Gasteiger partial charge < -0.3 is 4.90 Å². The zero-order valence-electron chi connectivity index (χ0n) is 15.2. The van der Waals surface area contributed by atoms with Gasteiger partial charge in [0.2, 0.25) is 5.91 Å². The normalized spacial score (nSPS) is 17.7. The summed E-state index contributed by atoms with van der Waals surface area (Å²) in [4.78, 5) is 14.8. The summed E-state index contributed by atoms with van der Waals surface area (Å²) < 4.78 is 2.02. The second-order valence-corrected chi connectivity index (χ2v) is 7.58. The number of benzene rings is 1. The molecule has 1 fully saturated rings. The van der Waals surface area contributed by atoms with Crippen molar-refractivity contribution in [2.75, 3.05) is 12.3 Å². The summed E-state index contributed by atoms with van der Waals surface area (Å²) in [5.74, 6) is 1.47. The lowest BCUT2D eigenvalue weighted by molar-refractivity contribution is -0.132. The van der Waals surface area contributed by atoms with Crippen LogP contribution in [0.1, 0.15) is 44.0 Å². The van der Waals surface area contributed by atoms with Gasteiger partial charge in [0.25, 0.3) is 0 Å². The lowest BCUT2D eigenvalue weighted by Gasteiger charge is -2.35. The molecule has 0 saturated carbocycles. The van der Waals surface area contributed by atoms with E-state index in [2.05, 4.69) is 53.2 Å². The molecule has 1 unspecified atom stereocenters. The Kier molecular flexibility index (Phi) is 5.78. The minimum absolute atomic E-state index is 0.215. The van der Waals surface area contributed by atoms with Crippen molar-refractivity contribution in [3.63, 3.8) is 0 Å². The smallest absolute Gasteiger partial charge is 0.233 e. The molecule has 0 aliphatic carbocycles. The number of thioether (sulfide) groups is 1. The van der Waals surface area contributed by atoms with E-state index in [0.29, 0.717) is 11.8 Å². The molecule has 1 aromatic heterocycles. The predicted octanol–water partition coefficient (Wildman–Crippen LogP) is 3.77. The lowest BCUT2D eigenvalue weighted by Crippen LogP contribution is -2.44. The Morgan fingerprint density at radius 2 is 1.96 bits per heavy atom. The molecule has 6 heteroatoms. The fourth-order valence-electron chi connectivity index (χ4n) is 3.39. The Balaban J connectivity index is 1.71. The van der Waals surface area contributed by atoms with Crippen molar-refractivity contribution in [2.45, 2.75) is 57.7 Å². The van der Waals surface area contributed by atoms with E-state index in [1.54, 1.807) is 0 Å². The zero-order chi connectivity index (χ0) is 17.8. The van der Waals surface area contributed by atoms with Gasteiger partial charge in [-0.2, -0.15) is 0 Å². The largest absolute Gasteiger partial charge is 0.339 e. The Hall–Kier alpha value is -1.82. The first-order valence-electron chi connectivity index (χ1n) is 9.01. The summed E-state index contributed by atoms with van der Waals surface area (Å²) in [6.07, 6.45) is 4.52. The van der Waals surface area contributed by atoms with Crippen molar-refractivity contribution in [3.05, 3.63) is 35.7 Å². The van der Waals surface area contributed by atoms with E-state index in [4.69, 9.17) is 0 Å². The van der Waals surface area contributed by atoms with Gasteiger partial charge in [0.05, 0.1) is 5.75 Å². The van der Waals surface area contributed by atoms with Crippen LogP contribution < -0.4 is 0 Å². The number of aryl methyl sites for hydroxylation is 2. The van der Waals surface area contributed by atoms with E-state index < -0.39 is 0 Å². The molecular weight excluding hydrogens is 332 g/mol. The van der Waals surface area contributed by atoms with Crippen molar-refractivity contribution in [1.29, 1.82) is 0 Å². The van der Waals surface area contributed by atoms with Gasteiger partial charge in [0.1, 0.15) is 5.82 Å². The molecule has 0 radical (unpaired) electrons. The Morgan fingerprint density at radius 1 is 1.20 bits per heavy atom. The molecule has 3 rings (SSSR count). The summed E-state index contributed by atoms with van der Waals surface area (Å²) in [7, 11) is 0. The van der Waals surface area contributed by atoms with Crippen LogP contribution in [0.4, 0.5) is 0 Å². The van der Waals surface area contributed by atoms with Gasteiger partial charge in [-0.15, -0.1) is 10.2 Å². The zero-order valence-corrected chi connectivity index (χ0v) is 16.1. The monoisotopic (exact) mass is 358 g/mol. The highest BCUT2D eigenvalue weighted by atomic mass is 32.2. The molecule has 0 bridgehead atoms. The van der Waals surface area contributed by atoms with Crippen LogP contribution in [0.25, 0.3) is 5.69 Å². The molecule has 134 valence electrons. The van der Waals surface area contributed by atoms with Gasteiger partial charge in [-0.1, -0.05) is 36.4 Å². The molecule has 1 saturated heterocycles. The summed E-state index contributed by atoms with van der Waals surface area (Å²) in [6.45, 7) is 7.07. The highest BCUT2D eigenvalue weighted by Gasteiger charge is 2.25. The van der Waals surface area contributed by atoms with Gasteiger partial charge in [0, 0.05) is 18.3 Å². The first-order chi connectivity index (χ1) is 12.1. The summed E-state index contributed by atoms with van der Waals surface area (Å²) >= 11 is 1.48. The fourth-order valence-corrected chi connectivity index (χ4v) is 4.27. The van der Waals surface area contributed by atoms with Gasteiger partial charge in [-0.25, -0.2) is 0 Å². The van der Waals surface area contributed by atoms with E-state index in [9.17, 15) is 4.79 Å². The number of piperidine rings is 1. The van der Waals surface area contributed by atoms with Crippen LogP contribution in [0.2, 0.25) is 0 Å². The highest BCUT2D eigenvalue weighted by Crippen LogP contribution is 2.25. The van der Waals surface area contributed by atoms with Crippen LogP contribution in [0.15, 0.2) is 29.4 Å². The van der Waals surface area contributed by atoms with Crippen LogP contribution >= 0.6 is 11.8 Å². The number of nitrogens with zero attached hydrogens (tertiary/aromatic N) is 4.